The van der Waals surface area contributed by atoms with Gasteiger partial charge in [0.05, 0.1) is 18.6 Å². The topological polar surface area (TPSA) is 59.4 Å². The Labute approximate surface area is 148 Å². The number of aryl methyl sites for hydroxylation is 1. The Morgan fingerprint density at radius 3 is 3.04 bits per heavy atom. The fraction of sp³-hybridized carbons (Fsp3) is 0.474. The highest BCUT2D eigenvalue weighted by Crippen LogP contribution is 2.22. The van der Waals surface area contributed by atoms with Crippen LogP contribution in [0.5, 0.6) is 5.75 Å². The van der Waals surface area contributed by atoms with Gasteiger partial charge in [-0.3, -0.25) is 9.69 Å². The number of unbranched alkanes of at least 4 members (excludes halogenated alkanes) is 1. The number of imidazole rings is 1. The van der Waals surface area contributed by atoms with E-state index in [9.17, 15) is 4.79 Å². The number of nitrogens with zero attached hydrogens (tertiary/aromatic N) is 3. The zero-order valence-electron chi connectivity index (χ0n) is 15.0. The lowest BCUT2D eigenvalue weighted by Crippen LogP contribution is -2.33. The van der Waals surface area contributed by atoms with E-state index in [2.05, 4.69) is 19.8 Å². The lowest BCUT2D eigenvalue weighted by Gasteiger charge is -2.27. The molecule has 1 N–H and O–H groups in total. The first-order valence-corrected chi connectivity index (χ1v) is 8.84. The van der Waals surface area contributed by atoms with E-state index in [4.69, 9.17) is 4.74 Å². The Hall–Kier alpha value is -2.34. The number of amides is 1. The van der Waals surface area contributed by atoms with Crippen LogP contribution < -0.4 is 10.1 Å². The van der Waals surface area contributed by atoms with Gasteiger partial charge in [-0.15, -0.1) is 0 Å². The summed E-state index contributed by atoms with van der Waals surface area (Å²) in [6, 6.07) is 5.81. The second kappa shape index (κ2) is 8.16. The summed E-state index contributed by atoms with van der Waals surface area (Å²) in [5, 5.41) is 2.83. The van der Waals surface area contributed by atoms with Gasteiger partial charge >= 0.3 is 0 Å². The largest absolute Gasteiger partial charge is 0.494 e. The van der Waals surface area contributed by atoms with E-state index in [1.807, 2.05) is 37.6 Å². The van der Waals surface area contributed by atoms with E-state index < -0.39 is 0 Å². The molecule has 0 fully saturated rings. The van der Waals surface area contributed by atoms with E-state index in [0.717, 1.165) is 56.0 Å². The lowest BCUT2D eigenvalue weighted by molar-refractivity contribution is -0.114. The van der Waals surface area contributed by atoms with Crippen molar-refractivity contribution in [2.75, 3.05) is 25.0 Å². The highest BCUT2D eigenvalue weighted by molar-refractivity contribution is 5.89. The van der Waals surface area contributed by atoms with Gasteiger partial charge in [0.2, 0.25) is 5.91 Å². The van der Waals surface area contributed by atoms with Crippen LogP contribution in [0.15, 0.2) is 30.7 Å². The molecule has 3 rings (SSSR count). The van der Waals surface area contributed by atoms with E-state index in [-0.39, 0.29) is 5.91 Å². The third-order valence-corrected chi connectivity index (χ3v) is 4.50. The summed E-state index contributed by atoms with van der Waals surface area (Å²) in [7, 11) is 0. The van der Waals surface area contributed by atoms with Gasteiger partial charge in [0, 0.05) is 44.5 Å². The average Bonchev–Trinajstić information content (AvgIpc) is 3.04. The Morgan fingerprint density at radius 2 is 2.20 bits per heavy atom. The minimum absolute atomic E-state index is 0.0666. The number of benzene rings is 1. The van der Waals surface area contributed by atoms with Crippen LogP contribution in [0.2, 0.25) is 0 Å². The Balaban J connectivity index is 1.38. The minimum Gasteiger partial charge on any atom is -0.494 e. The maximum Gasteiger partial charge on any atom is 0.221 e. The highest BCUT2D eigenvalue weighted by atomic mass is 16.5. The van der Waals surface area contributed by atoms with Gasteiger partial charge in [-0.25, -0.2) is 4.98 Å². The molecule has 1 aromatic heterocycles. The molecule has 0 unspecified atom stereocenters. The van der Waals surface area contributed by atoms with Gasteiger partial charge in [0.1, 0.15) is 5.75 Å². The summed E-state index contributed by atoms with van der Waals surface area (Å²) in [5.41, 5.74) is 3.15. The van der Waals surface area contributed by atoms with Crippen LogP contribution in [0, 0.1) is 6.92 Å². The summed E-state index contributed by atoms with van der Waals surface area (Å²) in [5.74, 6) is 0.736. The van der Waals surface area contributed by atoms with Gasteiger partial charge in [0.25, 0.3) is 0 Å². The molecular weight excluding hydrogens is 316 g/mol. The van der Waals surface area contributed by atoms with Gasteiger partial charge in [0.15, 0.2) is 0 Å². The molecule has 2 aromatic rings. The number of aromatic nitrogens is 2. The van der Waals surface area contributed by atoms with Gasteiger partial charge in [-0.1, -0.05) is 6.07 Å². The van der Waals surface area contributed by atoms with Crippen molar-refractivity contribution in [3.63, 3.8) is 0 Å². The van der Waals surface area contributed by atoms with Crippen molar-refractivity contribution in [3.8, 4) is 5.75 Å². The molecular formula is C19H26N4O2. The van der Waals surface area contributed by atoms with Crippen LogP contribution in [0.25, 0.3) is 0 Å². The second-order valence-corrected chi connectivity index (χ2v) is 6.57. The molecule has 0 bridgehead atoms. The first-order valence-electron chi connectivity index (χ1n) is 8.84. The number of carbonyl (C=O) groups is 1. The molecule has 1 aliphatic rings. The van der Waals surface area contributed by atoms with E-state index in [0.29, 0.717) is 6.61 Å². The fourth-order valence-electron chi connectivity index (χ4n) is 3.07. The molecule has 25 heavy (non-hydrogen) atoms. The summed E-state index contributed by atoms with van der Waals surface area (Å²) < 4.78 is 8.06. The van der Waals surface area contributed by atoms with Crippen LogP contribution in [0.1, 0.15) is 31.0 Å². The molecule has 1 aromatic carbocycles. The fourth-order valence-corrected chi connectivity index (χ4v) is 3.07. The van der Waals surface area contributed by atoms with Crippen molar-refractivity contribution in [3.05, 3.63) is 42.0 Å². The van der Waals surface area contributed by atoms with Crippen molar-refractivity contribution in [1.29, 1.82) is 0 Å². The number of ether oxygens (including phenoxy) is 1. The maximum atomic E-state index is 11.2. The molecule has 0 saturated carbocycles. The Morgan fingerprint density at radius 1 is 1.32 bits per heavy atom. The minimum atomic E-state index is -0.0666. The predicted octanol–water partition coefficient (Wildman–Crippen LogP) is 2.82. The molecule has 1 amide bonds. The van der Waals surface area contributed by atoms with E-state index in [1.165, 1.54) is 12.6 Å². The number of hydrogen-bond donors (Lipinski definition) is 1. The van der Waals surface area contributed by atoms with Crippen molar-refractivity contribution < 1.29 is 9.53 Å². The SMILES string of the molecule is CC(=O)Nc1cc(OCCCCN2CCn3cncc3C2)ccc1C. The molecule has 6 heteroatoms. The zero-order chi connectivity index (χ0) is 17.6. The molecule has 0 saturated heterocycles. The smallest absolute Gasteiger partial charge is 0.221 e. The van der Waals surface area contributed by atoms with Crippen molar-refractivity contribution in [2.45, 2.75) is 39.8 Å². The predicted molar refractivity (Wildman–Crippen MR) is 97.7 cm³/mol. The summed E-state index contributed by atoms with van der Waals surface area (Å²) >= 11 is 0. The third kappa shape index (κ3) is 4.82. The van der Waals surface area contributed by atoms with Gasteiger partial charge in [-0.05, 0) is 37.9 Å². The molecule has 0 aliphatic carbocycles. The molecule has 6 nitrogen and oxygen atoms in total. The summed E-state index contributed by atoms with van der Waals surface area (Å²) in [6.45, 7) is 8.36. The Kier molecular flexibility index (Phi) is 5.71. The highest BCUT2D eigenvalue weighted by Gasteiger charge is 2.15. The first-order chi connectivity index (χ1) is 12.1. The number of carbonyl (C=O) groups excluding carboxylic acids is 1. The van der Waals surface area contributed by atoms with Crippen molar-refractivity contribution >= 4 is 11.6 Å². The van der Waals surface area contributed by atoms with Gasteiger partial charge in [-0.2, -0.15) is 0 Å². The molecule has 2 heterocycles. The number of fused-ring (bicyclic) bond motifs is 1. The van der Waals surface area contributed by atoms with Crippen molar-refractivity contribution in [1.82, 2.24) is 14.5 Å². The Bertz CT molecular complexity index is 726. The molecule has 0 spiro atoms. The van der Waals surface area contributed by atoms with Crippen LogP contribution in [0.3, 0.4) is 0 Å². The summed E-state index contributed by atoms with van der Waals surface area (Å²) in [6.07, 6.45) is 5.99. The standard InChI is InChI=1S/C19H26N4O2/c1-15-5-6-18(11-19(15)21-16(2)24)25-10-4-3-7-22-8-9-23-14-20-12-17(23)13-22/h5-6,11-12,14H,3-4,7-10,13H2,1-2H3,(H,21,24). The van der Waals surface area contributed by atoms with Crippen LogP contribution in [-0.2, 0) is 17.9 Å². The molecule has 1 aliphatic heterocycles. The van der Waals surface area contributed by atoms with E-state index >= 15 is 0 Å². The zero-order valence-corrected chi connectivity index (χ0v) is 15.0. The van der Waals surface area contributed by atoms with Crippen molar-refractivity contribution in [2.24, 2.45) is 0 Å². The van der Waals surface area contributed by atoms with Crippen LogP contribution in [-0.4, -0.2) is 40.1 Å². The number of rotatable bonds is 7. The van der Waals surface area contributed by atoms with E-state index in [1.54, 1.807) is 0 Å². The normalized spacial score (nSPS) is 14.2. The van der Waals surface area contributed by atoms with Crippen LogP contribution >= 0.6 is 0 Å². The summed E-state index contributed by atoms with van der Waals surface area (Å²) in [4.78, 5) is 17.9. The average molecular weight is 342 g/mol. The molecule has 0 atom stereocenters. The first kappa shape index (κ1) is 17.5. The lowest BCUT2D eigenvalue weighted by atomic mass is 10.2. The maximum absolute atomic E-state index is 11.2. The quantitative estimate of drug-likeness (QED) is 0.786. The van der Waals surface area contributed by atoms with Gasteiger partial charge < -0.3 is 14.6 Å². The molecule has 134 valence electrons. The number of hydrogen-bond acceptors (Lipinski definition) is 4. The number of anilines is 1. The second-order valence-electron chi connectivity index (χ2n) is 6.57. The third-order valence-electron chi connectivity index (χ3n) is 4.50. The monoisotopic (exact) mass is 342 g/mol. The number of nitrogens with one attached hydrogen (secondary N) is 1. The van der Waals surface area contributed by atoms with Crippen LogP contribution in [0.4, 0.5) is 5.69 Å². The molecule has 0 radical (unpaired) electrons.